The number of aromatic nitrogens is 2. The van der Waals surface area contributed by atoms with Crippen molar-refractivity contribution in [3.8, 4) is 11.1 Å². The third-order valence-electron chi connectivity index (χ3n) is 7.47. The van der Waals surface area contributed by atoms with Crippen LogP contribution >= 0.6 is 23.4 Å². The summed E-state index contributed by atoms with van der Waals surface area (Å²) in [7, 11) is 1.42. The zero-order valence-corrected chi connectivity index (χ0v) is 26.1. The number of rotatable bonds is 3. The van der Waals surface area contributed by atoms with Gasteiger partial charge in [-0.25, -0.2) is 18.4 Å². The number of piperazine rings is 1. The van der Waals surface area contributed by atoms with Gasteiger partial charge in [0.25, 0.3) is 0 Å². The Kier molecular flexibility index (Phi) is 8.57. The molecular formula is C29H30ClF5N4O4S. The van der Waals surface area contributed by atoms with E-state index in [2.05, 4.69) is 4.98 Å². The molecule has 2 aliphatic heterocycles. The highest BCUT2D eigenvalue weighted by Gasteiger charge is 2.40. The molecule has 1 amide bonds. The fourth-order valence-electron chi connectivity index (χ4n) is 5.47. The van der Waals surface area contributed by atoms with Gasteiger partial charge in [-0.15, -0.1) is 11.8 Å². The normalized spacial score (nSPS) is 19.3. The van der Waals surface area contributed by atoms with Crippen molar-refractivity contribution < 1.29 is 36.2 Å². The molecule has 0 saturated carbocycles. The molecule has 0 radical (unpaired) electrons. The second-order valence-corrected chi connectivity index (χ2v) is 13.2. The van der Waals surface area contributed by atoms with Gasteiger partial charge in [-0.3, -0.25) is 4.57 Å². The topological polar surface area (TPSA) is 76.9 Å². The summed E-state index contributed by atoms with van der Waals surface area (Å²) in [5, 5.41) is -0.536. The highest BCUT2D eigenvalue weighted by Crippen LogP contribution is 2.49. The van der Waals surface area contributed by atoms with Gasteiger partial charge in [-0.1, -0.05) is 11.6 Å². The number of hydrogen-bond donors (Lipinski definition) is 0. The maximum Gasteiger partial charge on any atom is 0.417 e. The fraction of sp³-hybridized carbons (Fsp3) is 0.483. The maximum absolute atomic E-state index is 15.2. The lowest BCUT2D eigenvalue weighted by Gasteiger charge is -2.41. The summed E-state index contributed by atoms with van der Waals surface area (Å²) < 4.78 is 86.0. The smallest absolute Gasteiger partial charge is 0.417 e. The van der Waals surface area contributed by atoms with Crippen LogP contribution in [0.4, 0.5) is 32.6 Å². The van der Waals surface area contributed by atoms with Crippen LogP contribution < -0.4 is 10.6 Å². The molecule has 2 atom stereocenters. The molecule has 1 aromatic heterocycles. The van der Waals surface area contributed by atoms with E-state index in [1.807, 2.05) is 0 Å². The molecule has 44 heavy (non-hydrogen) atoms. The second-order valence-electron chi connectivity index (χ2n) is 11.7. The van der Waals surface area contributed by atoms with E-state index in [9.17, 15) is 27.2 Å². The van der Waals surface area contributed by atoms with Gasteiger partial charge in [0.1, 0.15) is 23.1 Å². The molecule has 0 spiro atoms. The first-order valence-corrected chi connectivity index (χ1v) is 15.1. The monoisotopic (exact) mass is 660 g/mol. The quantitative estimate of drug-likeness (QED) is 0.232. The SMILES string of the molecule is CO[C@H]1CSc2c(-c3cc(Cl)c(F)cc3F)c(C(F)(F)F)cc3c(N4CCN(C(=O)OC(C)(C)C)C[C@@H]4C)nc(=O)n(c23)C1. The van der Waals surface area contributed by atoms with Crippen LogP contribution in [0.5, 0.6) is 0 Å². The number of benzene rings is 2. The molecule has 2 aromatic carbocycles. The summed E-state index contributed by atoms with van der Waals surface area (Å²) in [6.45, 7) is 7.46. The summed E-state index contributed by atoms with van der Waals surface area (Å²) in [6, 6.07) is 1.65. The first kappa shape index (κ1) is 32.3. The lowest BCUT2D eigenvalue weighted by molar-refractivity contribution is -0.137. The van der Waals surface area contributed by atoms with Crippen LogP contribution in [0.1, 0.15) is 33.3 Å². The minimum absolute atomic E-state index is 0.00460. The van der Waals surface area contributed by atoms with E-state index in [0.717, 1.165) is 23.9 Å². The van der Waals surface area contributed by atoms with Gasteiger partial charge in [0, 0.05) is 66.0 Å². The molecule has 3 heterocycles. The van der Waals surface area contributed by atoms with Gasteiger partial charge in [0.15, 0.2) is 0 Å². The van der Waals surface area contributed by atoms with Gasteiger partial charge in [0.05, 0.1) is 28.8 Å². The van der Waals surface area contributed by atoms with Crippen LogP contribution in [-0.4, -0.2) is 70.8 Å². The van der Waals surface area contributed by atoms with Crippen LogP contribution in [-0.2, 0) is 22.2 Å². The summed E-state index contributed by atoms with van der Waals surface area (Å²) in [5.41, 5.74) is -3.64. The number of thioether (sulfide) groups is 1. The number of anilines is 1. The molecule has 0 aliphatic carbocycles. The average molecular weight is 661 g/mol. The second kappa shape index (κ2) is 11.7. The van der Waals surface area contributed by atoms with Gasteiger partial charge in [-0.2, -0.15) is 18.2 Å². The Balaban J connectivity index is 1.76. The highest BCUT2D eigenvalue weighted by atomic mass is 35.5. The zero-order chi connectivity index (χ0) is 32.3. The minimum Gasteiger partial charge on any atom is -0.444 e. The van der Waals surface area contributed by atoms with Crippen molar-refractivity contribution in [1.82, 2.24) is 14.5 Å². The molecule has 1 fully saturated rings. The van der Waals surface area contributed by atoms with Crippen molar-refractivity contribution in [1.29, 1.82) is 0 Å². The minimum atomic E-state index is -4.99. The van der Waals surface area contributed by atoms with Gasteiger partial charge in [0.2, 0.25) is 0 Å². The Hall–Kier alpha value is -3.10. The molecule has 5 rings (SSSR count). The Bertz CT molecular complexity index is 1690. The van der Waals surface area contributed by atoms with Crippen molar-refractivity contribution in [2.75, 3.05) is 37.4 Å². The lowest BCUT2D eigenvalue weighted by Crippen LogP contribution is -2.55. The van der Waals surface area contributed by atoms with Crippen LogP contribution in [0.25, 0.3) is 22.0 Å². The van der Waals surface area contributed by atoms with E-state index in [-0.39, 0.29) is 53.5 Å². The van der Waals surface area contributed by atoms with E-state index >= 15 is 4.39 Å². The van der Waals surface area contributed by atoms with Gasteiger partial charge < -0.3 is 19.3 Å². The average Bonchev–Trinajstić information content (AvgIpc) is 3.12. The van der Waals surface area contributed by atoms with Crippen molar-refractivity contribution >= 4 is 46.2 Å². The van der Waals surface area contributed by atoms with Crippen LogP contribution in [0.3, 0.4) is 0 Å². The molecular weight excluding hydrogens is 631 g/mol. The molecule has 1 saturated heterocycles. The van der Waals surface area contributed by atoms with Gasteiger partial charge in [-0.05, 0) is 39.8 Å². The van der Waals surface area contributed by atoms with E-state index in [1.54, 1.807) is 32.6 Å². The van der Waals surface area contributed by atoms with Crippen molar-refractivity contribution in [2.45, 2.75) is 63.1 Å². The maximum atomic E-state index is 15.2. The molecule has 238 valence electrons. The van der Waals surface area contributed by atoms with Crippen molar-refractivity contribution in [3.05, 3.63) is 50.9 Å². The van der Waals surface area contributed by atoms with Crippen molar-refractivity contribution in [2.24, 2.45) is 0 Å². The van der Waals surface area contributed by atoms with E-state index in [0.29, 0.717) is 6.07 Å². The predicted octanol–water partition coefficient (Wildman–Crippen LogP) is 6.58. The number of halogens is 6. The first-order chi connectivity index (χ1) is 20.5. The Morgan fingerprint density at radius 3 is 2.41 bits per heavy atom. The largest absolute Gasteiger partial charge is 0.444 e. The molecule has 3 aromatic rings. The Morgan fingerprint density at radius 2 is 1.80 bits per heavy atom. The van der Waals surface area contributed by atoms with Crippen LogP contribution in [0.15, 0.2) is 27.9 Å². The van der Waals surface area contributed by atoms with E-state index in [4.69, 9.17) is 21.1 Å². The number of methoxy groups -OCH3 is 1. The number of hydrogen-bond acceptors (Lipinski definition) is 7. The van der Waals surface area contributed by atoms with Crippen molar-refractivity contribution in [3.63, 3.8) is 0 Å². The third kappa shape index (κ3) is 6.08. The predicted molar refractivity (Wildman–Crippen MR) is 158 cm³/mol. The van der Waals surface area contributed by atoms with Gasteiger partial charge >= 0.3 is 18.0 Å². The summed E-state index contributed by atoms with van der Waals surface area (Å²) in [6.07, 6.45) is -6.10. The summed E-state index contributed by atoms with van der Waals surface area (Å²) >= 11 is 6.89. The number of alkyl halides is 3. The molecule has 15 heteroatoms. The van der Waals surface area contributed by atoms with Crippen LogP contribution in [0.2, 0.25) is 5.02 Å². The molecule has 8 nitrogen and oxygen atoms in total. The van der Waals surface area contributed by atoms with E-state index < -0.39 is 69.1 Å². The molecule has 0 N–H and O–H groups in total. The summed E-state index contributed by atoms with van der Waals surface area (Å²) in [4.78, 5) is 33.7. The standard InChI is InChI=1S/C29H30ClF5N4O4S/c1-14-11-37(27(41)43-28(2,3)4)6-7-38(14)25-17-8-18(29(33,34)35)22(16-9-19(30)21(32)10-20(16)31)24-23(17)39(26(40)36-25)12-15(42-5)13-44-24/h8-10,14-15H,6-7,11-13H2,1-5H3/t14-,15+/m0/s1. The lowest BCUT2D eigenvalue weighted by atomic mass is 9.95. The molecule has 0 unspecified atom stereocenters. The highest BCUT2D eigenvalue weighted by molar-refractivity contribution is 7.99. The number of carbonyl (C=O) groups excluding carboxylic acids is 1. The van der Waals surface area contributed by atoms with E-state index in [1.165, 1.54) is 16.6 Å². The van der Waals surface area contributed by atoms with Crippen LogP contribution in [0, 0.1) is 11.6 Å². The number of amides is 1. The molecule has 2 aliphatic rings. The Morgan fingerprint density at radius 1 is 1.09 bits per heavy atom. The number of carbonyl (C=O) groups is 1. The zero-order valence-electron chi connectivity index (χ0n) is 24.5. The number of ether oxygens (including phenoxy) is 2. The fourth-order valence-corrected chi connectivity index (χ4v) is 6.95. The third-order valence-corrected chi connectivity index (χ3v) is 8.98. The first-order valence-electron chi connectivity index (χ1n) is 13.7. The summed E-state index contributed by atoms with van der Waals surface area (Å²) in [5.74, 6) is -2.22. The number of nitrogens with zero attached hydrogens (tertiary/aromatic N) is 4. The molecule has 0 bridgehead atoms. The Labute approximate surface area is 259 Å².